The number of aliphatic hydroxyl groups is 1. The zero-order valence-corrected chi connectivity index (χ0v) is 7.92. The molecule has 1 fully saturated rings. The van der Waals surface area contributed by atoms with Crippen LogP contribution in [-0.2, 0) is 4.79 Å². The molecule has 1 aliphatic carbocycles. The van der Waals surface area contributed by atoms with Gasteiger partial charge in [0.15, 0.2) is 0 Å². The molecule has 1 rings (SSSR count). The Bertz CT molecular complexity index is 163. The summed E-state index contributed by atoms with van der Waals surface area (Å²) >= 11 is 0. The first-order chi connectivity index (χ1) is 5.57. The smallest absolute Gasteiger partial charge is 0.123 e. The fourth-order valence-electron chi connectivity index (χ4n) is 2.41. The Balaban J connectivity index is 2.58. The van der Waals surface area contributed by atoms with Crippen LogP contribution in [-0.4, -0.2) is 18.0 Å². The quantitative estimate of drug-likeness (QED) is 0.639. The first kappa shape index (κ1) is 9.72. The van der Waals surface area contributed by atoms with E-state index in [9.17, 15) is 4.79 Å². The fourth-order valence-corrected chi connectivity index (χ4v) is 2.41. The third-order valence-corrected chi connectivity index (χ3v) is 2.74. The van der Waals surface area contributed by atoms with Crippen LogP contribution in [0.1, 0.15) is 33.1 Å². The van der Waals surface area contributed by atoms with Crippen LogP contribution in [0.2, 0.25) is 0 Å². The molecule has 0 aromatic heterocycles. The lowest BCUT2D eigenvalue weighted by Gasteiger charge is -2.37. The summed E-state index contributed by atoms with van der Waals surface area (Å²) in [7, 11) is 0. The van der Waals surface area contributed by atoms with Crippen molar-refractivity contribution in [1.29, 1.82) is 0 Å². The molecule has 70 valence electrons. The largest absolute Gasteiger partial charge is 0.396 e. The Labute approximate surface area is 74.0 Å². The van der Waals surface area contributed by atoms with Crippen molar-refractivity contribution < 1.29 is 9.90 Å². The molecule has 2 nitrogen and oxygen atoms in total. The number of carbonyl (C=O) groups is 1. The average Bonchev–Trinajstić information content (AvgIpc) is 2.01. The van der Waals surface area contributed by atoms with Gasteiger partial charge < -0.3 is 9.90 Å². The van der Waals surface area contributed by atoms with Crippen LogP contribution in [0.25, 0.3) is 0 Å². The molecule has 0 heterocycles. The summed E-state index contributed by atoms with van der Waals surface area (Å²) in [6.45, 7) is 4.57. The number of aliphatic hydroxyl groups excluding tert-OH is 1. The van der Waals surface area contributed by atoms with Crippen LogP contribution >= 0.6 is 0 Å². The van der Waals surface area contributed by atoms with E-state index in [4.69, 9.17) is 5.11 Å². The lowest BCUT2D eigenvalue weighted by molar-refractivity contribution is -0.114. The Morgan fingerprint density at radius 2 is 2.17 bits per heavy atom. The van der Waals surface area contributed by atoms with E-state index < -0.39 is 0 Å². The van der Waals surface area contributed by atoms with Gasteiger partial charge in [-0.2, -0.15) is 0 Å². The molecule has 0 amide bonds. The van der Waals surface area contributed by atoms with Gasteiger partial charge in [0.2, 0.25) is 0 Å². The van der Waals surface area contributed by atoms with E-state index in [0.717, 1.165) is 25.5 Å². The molecular formula is C10H18O2. The van der Waals surface area contributed by atoms with Gasteiger partial charge >= 0.3 is 0 Å². The normalized spacial score (nSPS) is 34.6. The molecule has 0 bridgehead atoms. The molecule has 0 aliphatic heterocycles. The molecule has 2 atom stereocenters. The number of hydrogen-bond acceptors (Lipinski definition) is 2. The fraction of sp³-hybridized carbons (Fsp3) is 0.900. The highest BCUT2D eigenvalue weighted by Gasteiger charge is 2.33. The van der Waals surface area contributed by atoms with Crippen LogP contribution in [0.3, 0.4) is 0 Å². The number of rotatable bonds is 2. The third kappa shape index (κ3) is 2.31. The van der Waals surface area contributed by atoms with Crippen molar-refractivity contribution in [2.75, 3.05) is 6.61 Å². The SMILES string of the molecule is CC1(C)CC(C=O)CC(CO)C1. The Morgan fingerprint density at radius 3 is 2.67 bits per heavy atom. The van der Waals surface area contributed by atoms with Gasteiger partial charge in [-0.25, -0.2) is 0 Å². The van der Waals surface area contributed by atoms with Crippen LogP contribution in [0.4, 0.5) is 0 Å². The van der Waals surface area contributed by atoms with Crippen LogP contribution in [0.15, 0.2) is 0 Å². The highest BCUT2D eigenvalue weighted by molar-refractivity contribution is 5.53. The lowest BCUT2D eigenvalue weighted by Crippen LogP contribution is -2.31. The molecular weight excluding hydrogens is 152 g/mol. The molecule has 0 aromatic carbocycles. The first-order valence-corrected chi connectivity index (χ1v) is 4.63. The summed E-state index contributed by atoms with van der Waals surface area (Å²) in [5.41, 5.74) is 0.233. The summed E-state index contributed by atoms with van der Waals surface area (Å²) < 4.78 is 0. The van der Waals surface area contributed by atoms with Crippen molar-refractivity contribution in [1.82, 2.24) is 0 Å². The van der Waals surface area contributed by atoms with E-state index in [0.29, 0.717) is 5.92 Å². The van der Waals surface area contributed by atoms with Crippen LogP contribution in [0.5, 0.6) is 0 Å². The summed E-state index contributed by atoms with van der Waals surface area (Å²) in [4.78, 5) is 10.6. The van der Waals surface area contributed by atoms with E-state index >= 15 is 0 Å². The maximum Gasteiger partial charge on any atom is 0.123 e. The lowest BCUT2D eigenvalue weighted by atomic mass is 9.68. The van der Waals surface area contributed by atoms with Gasteiger partial charge in [-0.05, 0) is 30.6 Å². The summed E-state index contributed by atoms with van der Waals surface area (Å²) in [5.74, 6) is 0.509. The number of aldehydes is 1. The van der Waals surface area contributed by atoms with Crippen molar-refractivity contribution in [3.05, 3.63) is 0 Å². The third-order valence-electron chi connectivity index (χ3n) is 2.74. The molecule has 1 saturated carbocycles. The van der Waals surface area contributed by atoms with Gasteiger partial charge in [0.25, 0.3) is 0 Å². The molecule has 0 spiro atoms. The van der Waals surface area contributed by atoms with Crippen molar-refractivity contribution >= 4 is 6.29 Å². The topological polar surface area (TPSA) is 37.3 Å². The van der Waals surface area contributed by atoms with Crippen molar-refractivity contribution in [2.45, 2.75) is 33.1 Å². The second-order valence-corrected chi connectivity index (χ2v) is 4.75. The molecule has 2 unspecified atom stereocenters. The maximum atomic E-state index is 10.6. The first-order valence-electron chi connectivity index (χ1n) is 4.63. The van der Waals surface area contributed by atoms with Crippen molar-refractivity contribution in [3.8, 4) is 0 Å². The second-order valence-electron chi connectivity index (χ2n) is 4.75. The van der Waals surface area contributed by atoms with E-state index in [2.05, 4.69) is 13.8 Å². The Hall–Kier alpha value is -0.370. The van der Waals surface area contributed by atoms with E-state index in [1.807, 2.05) is 0 Å². The van der Waals surface area contributed by atoms with E-state index in [1.54, 1.807) is 0 Å². The second kappa shape index (κ2) is 3.56. The van der Waals surface area contributed by atoms with Gasteiger partial charge in [0.05, 0.1) is 0 Å². The summed E-state index contributed by atoms with van der Waals surface area (Å²) in [5, 5.41) is 9.02. The van der Waals surface area contributed by atoms with Crippen molar-refractivity contribution in [2.24, 2.45) is 17.3 Å². The van der Waals surface area contributed by atoms with Crippen LogP contribution < -0.4 is 0 Å². The van der Waals surface area contributed by atoms with Crippen LogP contribution in [0, 0.1) is 17.3 Å². The zero-order valence-electron chi connectivity index (χ0n) is 7.92. The summed E-state index contributed by atoms with van der Waals surface area (Å²) in [6.07, 6.45) is 3.95. The highest BCUT2D eigenvalue weighted by Crippen LogP contribution is 2.40. The Morgan fingerprint density at radius 1 is 1.50 bits per heavy atom. The zero-order chi connectivity index (χ0) is 9.19. The standard InChI is InChI=1S/C10H18O2/c1-10(2)4-8(6-11)3-9(5-10)7-12/h6,8-9,12H,3-5,7H2,1-2H3. The molecule has 12 heavy (non-hydrogen) atoms. The molecule has 0 radical (unpaired) electrons. The predicted octanol–water partition coefficient (Wildman–Crippen LogP) is 1.62. The van der Waals surface area contributed by atoms with Gasteiger partial charge in [-0.15, -0.1) is 0 Å². The minimum atomic E-state index is 0.172. The van der Waals surface area contributed by atoms with E-state index in [1.165, 1.54) is 0 Å². The Kier molecular flexibility index (Phi) is 2.89. The average molecular weight is 170 g/mol. The highest BCUT2D eigenvalue weighted by atomic mass is 16.3. The van der Waals surface area contributed by atoms with Gasteiger partial charge in [-0.3, -0.25) is 0 Å². The van der Waals surface area contributed by atoms with E-state index in [-0.39, 0.29) is 17.9 Å². The minimum absolute atomic E-state index is 0.172. The van der Waals surface area contributed by atoms with Gasteiger partial charge in [-0.1, -0.05) is 13.8 Å². The number of hydrogen-bond donors (Lipinski definition) is 1. The monoisotopic (exact) mass is 170 g/mol. The van der Waals surface area contributed by atoms with Gasteiger partial charge in [0, 0.05) is 12.5 Å². The minimum Gasteiger partial charge on any atom is -0.396 e. The predicted molar refractivity (Wildman–Crippen MR) is 47.8 cm³/mol. The molecule has 1 N–H and O–H groups in total. The molecule has 0 saturated heterocycles. The van der Waals surface area contributed by atoms with Crippen molar-refractivity contribution in [3.63, 3.8) is 0 Å². The molecule has 0 aromatic rings. The number of carbonyl (C=O) groups excluding carboxylic acids is 1. The molecule has 1 aliphatic rings. The summed E-state index contributed by atoms with van der Waals surface area (Å²) in [6, 6.07) is 0. The molecule has 2 heteroatoms. The maximum absolute atomic E-state index is 10.6. The van der Waals surface area contributed by atoms with Gasteiger partial charge in [0.1, 0.15) is 6.29 Å².